The number of anilines is 1. The van der Waals surface area contributed by atoms with Gasteiger partial charge in [0.2, 0.25) is 5.28 Å². The van der Waals surface area contributed by atoms with E-state index in [1.807, 2.05) is 24.3 Å². The Hall–Kier alpha value is -1.36. The average molecular weight is 380 g/mol. The number of rotatable bonds is 6. The lowest BCUT2D eigenvalue weighted by molar-refractivity contribution is 0.736. The van der Waals surface area contributed by atoms with Gasteiger partial charge >= 0.3 is 0 Å². The molecule has 0 aliphatic heterocycles. The highest BCUT2D eigenvalue weighted by Gasteiger charge is 2.18. The molecule has 0 bridgehead atoms. The van der Waals surface area contributed by atoms with E-state index < -0.39 is 0 Å². The molecule has 0 saturated heterocycles. The standard InChI is InChI=1S/C18H19Cl2N3S/c1-3-9-23(10-4-2)16-15-14(12-5-7-13(19)8-6-12)11-24-17(15)22-18(20)21-16/h5-8,11H,3-4,9-10H2,1-2H3. The number of benzene rings is 1. The highest BCUT2D eigenvalue weighted by atomic mass is 35.5. The van der Waals surface area contributed by atoms with Gasteiger partial charge in [0.25, 0.3) is 0 Å². The molecule has 0 radical (unpaired) electrons. The van der Waals surface area contributed by atoms with Gasteiger partial charge in [-0.15, -0.1) is 11.3 Å². The molecule has 6 heteroatoms. The van der Waals surface area contributed by atoms with E-state index in [9.17, 15) is 0 Å². The van der Waals surface area contributed by atoms with E-state index >= 15 is 0 Å². The summed E-state index contributed by atoms with van der Waals surface area (Å²) in [6.45, 7) is 6.26. The molecule has 0 aliphatic rings. The van der Waals surface area contributed by atoms with E-state index in [4.69, 9.17) is 23.2 Å². The van der Waals surface area contributed by atoms with E-state index in [1.165, 1.54) is 0 Å². The Morgan fingerprint density at radius 1 is 1.00 bits per heavy atom. The minimum Gasteiger partial charge on any atom is -0.356 e. The van der Waals surface area contributed by atoms with Crippen molar-refractivity contribution in [2.24, 2.45) is 0 Å². The van der Waals surface area contributed by atoms with E-state index in [0.717, 1.165) is 58.1 Å². The molecule has 3 nitrogen and oxygen atoms in total. The first-order chi connectivity index (χ1) is 11.6. The van der Waals surface area contributed by atoms with Crippen LogP contribution in [-0.4, -0.2) is 23.1 Å². The van der Waals surface area contributed by atoms with Gasteiger partial charge in [-0.2, -0.15) is 4.98 Å². The monoisotopic (exact) mass is 379 g/mol. The largest absolute Gasteiger partial charge is 0.356 e. The normalized spacial score (nSPS) is 11.2. The zero-order valence-corrected chi connectivity index (χ0v) is 16.0. The number of fused-ring (bicyclic) bond motifs is 1. The van der Waals surface area contributed by atoms with Gasteiger partial charge in [0.1, 0.15) is 10.6 Å². The Balaban J connectivity index is 2.20. The van der Waals surface area contributed by atoms with Crippen LogP contribution in [0.25, 0.3) is 21.3 Å². The van der Waals surface area contributed by atoms with Gasteiger partial charge < -0.3 is 4.90 Å². The molecule has 0 spiro atoms. The molecule has 0 amide bonds. The van der Waals surface area contributed by atoms with Crippen LogP contribution in [0.15, 0.2) is 29.6 Å². The lowest BCUT2D eigenvalue weighted by Gasteiger charge is -2.23. The van der Waals surface area contributed by atoms with Crippen LogP contribution in [0.3, 0.4) is 0 Å². The SMILES string of the molecule is CCCN(CCC)c1nc(Cl)nc2scc(-c3ccc(Cl)cc3)c12. The fourth-order valence-corrected chi connectivity index (χ4v) is 4.11. The first-order valence-corrected chi connectivity index (χ1v) is 9.73. The van der Waals surface area contributed by atoms with Crippen molar-refractivity contribution in [2.45, 2.75) is 26.7 Å². The van der Waals surface area contributed by atoms with Crippen LogP contribution in [0.5, 0.6) is 0 Å². The van der Waals surface area contributed by atoms with Crippen LogP contribution >= 0.6 is 34.5 Å². The Labute approximate surface area is 156 Å². The molecule has 0 N–H and O–H groups in total. The van der Waals surface area contributed by atoms with Gasteiger partial charge in [-0.3, -0.25) is 0 Å². The van der Waals surface area contributed by atoms with Gasteiger partial charge in [-0.05, 0) is 42.1 Å². The summed E-state index contributed by atoms with van der Waals surface area (Å²) in [5.74, 6) is 0.930. The lowest BCUT2D eigenvalue weighted by atomic mass is 10.1. The quantitative estimate of drug-likeness (QED) is 0.471. The zero-order chi connectivity index (χ0) is 17.1. The Bertz CT molecular complexity index is 824. The predicted molar refractivity (Wildman–Crippen MR) is 106 cm³/mol. The minimum absolute atomic E-state index is 0.305. The summed E-state index contributed by atoms with van der Waals surface area (Å²) in [6.07, 6.45) is 2.12. The molecular formula is C18H19Cl2N3S. The maximum atomic E-state index is 6.18. The molecule has 126 valence electrons. The third kappa shape index (κ3) is 3.51. The molecule has 24 heavy (non-hydrogen) atoms. The van der Waals surface area contributed by atoms with Gasteiger partial charge in [0, 0.05) is 29.1 Å². The number of thiophene rings is 1. The van der Waals surface area contributed by atoms with Crippen molar-refractivity contribution in [3.05, 3.63) is 40.0 Å². The molecule has 0 aliphatic carbocycles. The zero-order valence-electron chi connectivity index (χ0n) is 13.7. The van der Waals surface area contributed by atoms with Gasteiger partial charge in [0.15, 0.2) is 0 Å². The summed E-state index contributed by atoms with van der Waals surface area (Å²) >= 11 is 13.8. The summed E-state index contributed by atoms with van der Waals surface area (Å²) in [6, 6.07) is 7.89. The number of aromatic nitrogens is 2. The summed E-state index contributed by atoms with van der Waals surface area (Å²) in [4.78, 5) is 12.2. The first-order valence-electron chi connectivity index (χ1n) is 8.09. The van der Waals surface area contributed by atoms with E-state index in [-0.39, 0.29) is 0 Å². The summed E-state index contributed by atoms with van der Waals surface area (Å²) in [5, 5.41) is 4.24. The van der Waals surface area contributed by atoms with Crippen molar-refractivity contribution in [1.82, 2.24) is 9.97 Å². The summed E-state index contributed by atoms with van der Waals surface area (Å²) in [5.41, 5.74) is 2.25. The second-order valence-corrected chi connectivity index (χ2v) is 7.27. The Morgan fingerprint density at radius 2 is 1.67 bits per heavy atom. The number of halogens is 2. The smallest absolute Gasteiger partial charge is 0.225 e. The molecule has 0 saturated carbocycles. The van der Waals surface area contributed by atoms with Gasteiger partial charge in [0.05, 0.1) is 5.39 Å². The number of hydrogen-bond acceptors (Lipinski definition) is 4. The molecule has 0 fully saturated rings. The molecule has 3 rings (SSSR count). The fraction of sp³-hybridized carbons (Fsp3) is 0.333. The molecule has 1 aromatic carbocycles. The average Bonchev–Trinajstić information content (AvgIpc) is 2.98. The van der Waals surface area contributed by atoms with Gasteiger partial charge in [-0.25, -0.2) is 4.98 Å². The highest BCUT2D eigenvalue weighted by molar-refractivity contribution is 7.17. The molecule has 0 unspecified atom stereocenters. The molecular weight excluding hydrogens is 361 g/mol. The van der Waals surface area contributed by atoms with Crippen LogP contribution in [0.4, 0.5) is 5.82 Å². The Kier molecular flexibility index (Phi) is 5.59. The topological polar surface area (TPSA) is 29.0 Å². The summed E-state index contributed by atoms with van der Waals surface area (Å²) < 4.78 is 0. The predicted octanol–water partition coefficient (Wildman–Crippen LogP) is 6.29. The van der Waals surface area contributed by atoms with Crippen molar-refractivity contribution in [2.75, 3.05) is 18.0 Å². The van der Waals surface area contributed by atoms with Crippen LogP contribution in [0, 0.1) is 0 Å². The van der Waals surface area contributed by atoms with Crippen LogP contribution < -0.4 is 4.90 Å². The van der Waals surface area contributed by atoms with Crippen molar-refractivity contribution in [3.8, 4) is 11.1 Å². The van der Waals surface area contributed by atoms with Crippen molar-refractivity contribution in [3.63, 3.8) is 0 Å². The van der Waals surface area contributed by atoms with Crippen molar-refractivity contribution in [1.29, 1.82) is 0 Å². The third-order valence-corrected chi connectivity index (χ3v) is 5.12. The van der Waals surface area contributed by atoms with Crippen molar-refractivity contribution < 1.29 is 0 Å². The fourth-order valence-electron chi connectivity index (χ4n) is 2.83. The maximum absolute atomic E-state index is 6.18. The highest BCUT2D eigenvalue weighted by Crippen LogP contribution is 2.39. The van der Waals surface area contributed by atoms with Crippen LogP contribution in [0.2, 0.25) is 10.3 Å². The maximum Gasteiger partial charge on any atom is 0.225 e. The second-order valence-electron chi connectivity index (χ2n) is 5.64. The van der Waals surface area contributed by atoms with Crippen LogP contribution in [-0.2, 0) is 0 Å². The number of nitrogens with zero attached hydrogens (tertiary/aromatic N) is 3. The van der Waals surface area contributed by atoms with Crippen LogP contribution in [0.1, 0.15) is 26.7 Å². The van der Waals surface area contributed by atoms with Crippen molar-refractivity contribution >= 4 is 50.6 Å². The van der Waals surface area contributed by atoms with E-state index in [2.05, 4.69) is 34.1 Å². The minimum atomic E-state index is 0.305. The molecule has 3 aromatic rings. The molecule has 2 heterocycles. The van der Waals surface area contributed by atoms with Gasteiger partial charge in [-0.1, -0.05) is 37.6 Å². The van der Waals surface area contributed by atoms with E-state index in [1.54, 1.807) is 11.3 Å². The summed E-state index contributed by atoms with van der Waals surface area (Å²) in [7, 11) is 0. The molecule has 0 atom stereocenters. The number of hydrogen-bond donors (Lipinski definition) is 0. The second kappa shape index (κ2) is 7.68. The Morgan fingerprint density at radius 3 is 2.29 bits per heavy atom. The first kappa shape index (κ1) is 17.5. The molecule has 2 aromatic heterocycles. The van der Waals surface area contributed by atoms with E-state index in [0.29, 0.717) is 5.28 Å². The third-order valence-electron chi connectivity index (χ3n) is 3.83. The lowest BCUT2D eigenvalue weighted by Crippen LogP contribution is -2.26.